The zero-order valence-electron chi connectivity index (χ0n) is 12.1. The standard InChI is InChI=1S/C14H24N4O2/c1-2-10-3-4-15-12(7-10)13(19)17-5-6-18-11(9-17)8-16-14(18)20/h10-12,15H,2-9H2,1H3,(H,16,20). The average molecular weight is 280 g/mol. The van der Waals surface area contributed by atoms with Crippen LogP contribution in [0, 0.1) is 5.92 Å². The Morgan fingerprint density at radius 1 is 1.40 bits per heavy atom. The van der Waals surface area contributed by atoms with E-state index in [0.717, 1.165) is 19.4 Å². The van der Waals surface area contributed by atoms with Crippen molar-refractivity contribution < 1.29 is 9.59 Å². The summed E-state index contributed by atoms with van der Waals surface area (Å²) in [6.45, 7) is 5.80. The van der Waals surface area contributed by atoms with Gasteiger partial charge in [-0.15, -0.1) is 0 Å². The second-order valence-corrected chi connectivity index (χ2v) is 6.12. The fourth-order valence-electron chi connectivity index (χ4n) is 3.58. The molecule has 2 N–H and O–H groups in total. The first kappa shape index (κ1) is 13.7. The Balaban J connectivity index is 1.59. The largest absolute Gasteiger partial charge is 0.337 e. The van der Waals surface area contributed by atoms with Crippen molar-refractivity contribution in [2.24, 2.45) is 5.92 Å². The zero-order chi connectivity index (χ0) is 14.1. The number of nitrogens with zero attached hydrogens (tertiary/aromatic N) is 2. The molecule has 6 nitrogen and oxygen atoms in total. The van der Waals surface area contributed by atoms with Crippen molar-refractivity contribution in [3.8, 4) is 0 Å². The van der Waals surface area contributed by atoms with Gasteiger partial charge < -0.3 is 20.4 Å². The molecule has 112 valence electrons. The summed E-state index contributed by atoms with van der Waals surface area (Å²) < 4.78 is 0. The summed E-state index contributed by atoms with van der Waals surface area (Å²) in [5, 5.41) is 6.21. The third-order valence-corrected chi connectivity index (χ3v) is 4.93. The van der Waals surface area contributed by atoms with Crippen molar-refractivity contribution in [3.63, 3.8) is 0 Å². The number of carbonyl (C=O) groups excluding carboxylic acids is 2. The fourth-order valence-corrected chi connectivity index (χ4v) is 3.58. The van der Waals surface area contributed by atoms with Gasteiger partial charge in [-0.3, -0.25) is 4.79 Å². The number of nitrogens with one attached hydrogen (secondary N) is 2. The van der Waals surface area contributed by atoms with Gasteiger partial charge in [0.1, 0.15) is 0 Å². The van der Waals surface area contributed by atoms with Crippen LogP contribution < -0.4 is 10.6 Å². The van der Waals surface area contributed by atoms with E-state index in [4.69, 9.17) is 0 Å². The van der Waals surface area contributed by atoms with Crippen molar-refractivity contribution in [1.82, 2.24) is 20.4 Å². The Labute approximate surface area is 119 Å². The summed E-state index contributed by atoms with van der Waals surface area (Å²) in [6, 6.07) is 0.153. The monoisotopic (exact) mass is 280 g/mol. The lowest BCUT2D eigenvalue weighted by Gasteiger charge is -2.39. The van der Waals surface area contributed by atoms with Crippen LogP contribution in [0.3, 0.4) is 0 Å². The molecule has 0 aliphatic carbocycles. The van der Waals surface area contributed by atoms with Crippen LogP contribution in [0.15, 0.2) is 0 Å². The van der Waals surface area contributed by atoms with E-state index in [1.54, 1.807) is 0 Å². The lowest BCUT2D eigenvalue weighted by atomic mass is 9.89. The lowest BCUT2D eigenvalue weighted by Crippen LogP contribution is -2.58. The quantitative estimate of drug-likeness (QED) is 0.748. The Morgan fingerprint density at radius 3 is 3.05 bits per heavy atom. The van der Waals surface area contributed by atoms with Crippen LogP contribution in [-0.2, 0) is 4.79 Å². The maximum atomic E-state index is 12.6. The van der Waals surface area contributed by atoms with Gasteiger partial charge in [-0.25, -0.2) is 4.79 Å². The van der Waals surface area contributed by atoms with E-state index in [0.29, 0.717) is 32.1 Å². The first-order valence-electron chi connectivity index (χ1n) is 7.75. The van der Waals surface area contributed by atoms with Crippen molar-refractivity contribution >= 4 is 11.9 Å². The lowest BCUT2D eigenvalue weighted by molar-refractivity contribution is -0.136. The van der Waals surface area contributed by atoms with E-state index in [2.05, 4.69) is 17.6 Å². The number of urea groups is 1. The van der Waals surface area contributed by atoms with Crippen LogP contribution in [0.2, 0.25) is 0 Å². The molecule has 0 aromatic heterocycles. The number of fused-ring (bicyclic) bond motifs is 1. The maximum absolute atomic E-state index is 12.6. The molecule has 3 aliphatic rings. The van der Waals surface area contributed by atoms with Gasteiger partial charge in [-0.1, -0.05) is 13.3 Å². The summed E-state index contributed by atoms with van der Waals surface area (Å²) in [5.41, 5.74) is 0. The van der Waals surface area contributed by atoms with E-state index in [-0.39, 0.29) is 24.0 Å². The minimum absolute atomic E-state index is 0.0175. The molecule has 3 fully saturated rings. The van der Waals surface area contributed by atoms with Crippen molar-refractivity contribution in [1.29, 1.82) is 0 Å². The van der Waals surface area contributed by atoms with Crippen molar-refractivity contribution in [2.45, 2.75) is 38.3 Å². The SMILES string of the molecule is CCC1CCNC(C(=O)N2CCN3C(=O)NCC3C2)C1. The van der Waals surface area contributed by atoms with E-state index in [1.165, 1.54) is 6.42 Å². The van der Waals surface area contributed by atoms with E-state index < -0.39 is 0 Å². The third-order valence-electron chi connectivity index (χ3n) is 4.93. The molecule has 0 spiro atoms. The van der Waals surface area contributed by atoms with Crippen LogP contribution in [0.4, 0.5) is 4.79 Å². The topological polar surface area (TPSA) is 64.7 Å². The number of amides is 3. The molecule has 3 saturated heterocycles. The Morgan fingerprint density at radius 2 is 2.25 bits per heavy atom. The number of hydrogen-bond donors (Lipinski definition) is 2. The van der Waals surface area contributed by atoms with Gasteiger partial charge in [0.05, 0.1) is 12.1 Å². The van der Waals surface area contributed by atoms with E-state index in [9.17, 15) is 9.59 Å². The Hall–Kier alpha value is -1.30. The molecule has 0 bridgehead atoms. The van der Waals surface area contributed by atoms with Crippen LogP contribution in [0.25, 0.3) is 0 Å². The van der Waals surface area contributed by atoms with Gasteiger partial charge in [-0.2, -0.15) is 0 Å². The van der Waals surface area contributed by atoms with Crippen molar-refractivity contribution in [3.05, 3.63) is 0 Å². The summed E-state index contributed by atoms with van der Waals surface area (Å²) in [4.78, 5) is 28.0. The molecule has 6 heteroatoms. The number of carbonyl (C=O) groups is 2. The molecule has 0 aromatic carbocycles. The number of piperidine rings is 1. The highest BCUT2D eigenvalue weighted by atomic mass is 16.2. The van der Waals surface area contributed by atoms with Crippen LogP contribution >= 0.6 is 0 Å². The van der Waals surface area contributed by atoms with Gasteiger partial charge in [0.2, 0.25) is 5.91 Å². The van der Waals surface area contributed by atoms with Gasteiger partial charge in [0.15, 0.2) is 0 Å². The molecular formula is C14H24N4O2. The van der Waals surface area contributed by atoms with Crippen LogP contribution in [0.5, 0.6) is 0 Å². The zero-order valence-corrected chi connectivity index (χ0v) is 12.1. The second-order valence-electron chi connectivity index (χ2n) is 6.12. The molecule has 3 aliphatic heterocycles. The fraction of sp³-hybridized carbons (Fsp3) is 0.857. The average Bonchev–Trinajstić information content (AvgIpc) is 2.87. The molecule has 3 unspecified atom stereocenters. The molecule has 3 heterocycles. The molecule has 0 aromatic rings. The number of piperazine rings is 1. The highest BCUT2D eigenvalue weighted by Gasteiger charge is 2.39. The van der Waals surface area contributed by atoms with Crippen LogP contribution in [-0.4, -0.2) is 66.5 Å². The smallest absolute Gasteiger partial charge is 0.317 e. The van der Waals surface area contributed by atoms with Gasteiger partial charge in [0, 0.05) is 26.2 Å². The summed E-state index contributed by atoms with van der Waals surface area (Å²) in [6.07, 6.45) is 3.28. The molecule has 3 rings (SSSR count). The number of rotatable bonds is 2. The first-order chi connectivity index (χ1) is 9.69. The highest BCUT2D eigenvalue weighted by molar-refractivity contribution is 5.83. The molecular weight excluding hydrogens is 256 g/mol. The maximum Gasteiger partial charge on any atom is 0.317 e. The molecule has 3 atom stereocenters. The Kier molecular flexibility index (Phi) is 3.83. The van der Waals surface area contributed by atoms with E-state index in [1.807, 2.05) is 9.80 Å². The molecule has 20 heavy (non-hydrogen) atoms. The third kappa shape index (κ3) is 2.49. The summed E-state index contributed by atoms with van der Waals surface area (Å²) >= 11 is 0. The van der Waals surface area contributed by atoms with E-state index >= 15 is 0 Å². The van der Waals surface area contributed by atoms with Gasteiger partial charge in [-0.05, 0) is 25.3 Å². The van der Waals surface area contributed by atoms with Crippen LogP contribution in [0.1, 0.15) is 26.2 Å². The Bertz CT molecular complexity index is 401. The normalized spacial score (nSPS) is 33.9. The second kappa shape index (κ2) is 5.60. The predicted molar refractivity (Wildman–Crippen MR) is 75.3 cm³/mol. The minimum atomic E-state index is -0.0229. The molecule has 0 radical (unpaired) electrons. The molecule has 0 saturated carbocycles. The first-order valence-corrected chi connectivity index (χ1v) is 7.75. The number of hydrogen-bond acceptors (Lipinski definition) is 3. The minimum Gasteiger partial charge on any atom is -0.337 e. The highest BCUT2D eigenvalue weighted by Crippen LogP contribution is 2.22. The summed E-state index contributed by atoms with van der Waals surface area (Å²) in [7, 11) is 0. The van der Waals surface area contributed by atoms with Gasteiger partial charge >= 0.3 is 6.03 Å². The summed E-state index contributed by atoms with van der Waals surface area (Å²) in [5.74, 6) is 0.892. The molecule has 3 amide bonds. The predicted octanol–water partition coefficient (Wildman–Crippen LogP) is 0.000600. The van der Waals surface area contributed by atoms with Crippen molar-refractivity contribution in [2.75, 3.05) is 32.7 Å². The van der Waals surface area contributed by atoms with Gasteiger partial charge in [0.25, 0.3) is 0 Å².